The molecule has 2 N–H and O–H groups in total. The summed E-state index contributed by atoms with van der Waals surface area (Å²) in [5, 5.41) is 6.47. The van der Waals surface area contributed by atoms with Crippen molar-refractivity contribution in [3.63, 3.8) is 0 Å². The number of nitrogens with zero attached hydrogens (tertiary/aromatic N) is 6. The summed E-state index contributed by atoms with van der Waals surface area (Å²) in [7, 11) is -1.98. The minimum atomic E-state index is -3.66. The third-order valence-corrected chi connectivity index (χ3v) is 13.8. The molecule has 3 saturated heterocycles. The summed E-state index contributed by atoms with van der Waals surface area (Å²) < 4.78 is 30.6. The van der Waals surface area contributed by atoms with Crippen molar-refractivity contribution in [3.8, 4) is 0 Å². The van der Waals surface area contributed by atoms with Crippen LogP contribution in [0.4, 0.5) is 5.95 Å². The molecule has 0 saturated carbocycles. The van der Waals surface area contributed by atoms with Crippen LogP contribution >= 0.6 is 0 Å². The molecule has 4 aliphatic heterocycles. The Kier molecular flexibility index (Phi) is 10.5. The van der Waals surface area contributed by atoms with Gasteiger partial charge in [-0.05, 0) is 104 Å². The predicted molar refractivity (Wildman–Crippen MR) is 210 cm³/mol. The Labute approximate surface area is 326 Å². The van der Waals surface area contributed by atoms with Gasteiger partial charge >= 0.3 is 0 Å². The van der Waals surface area contributed by atoms with Crippen LogP contribution < -0.4 is 16.2 Å². The van der Waals surface area contributed by atoms with Gasteiger partial charge in [-0.2, -0.15) is 9.29 Å². The minimum absolute atomic E-state index is 0.00814. The summed E-state index contributed by atoms with van der Waals surface area (Å²) in [5.41, 5.74) is 4.22. The van der Waals surface area contributed by atoms with E-state index in [0.29, 0.717) is 72.8 Å². The zero-order chi connectivity index (χ0) is 39.1. The molecule has 14 nitrogen and oxygen atoms in total. The standard InChI is InChI=1S/C41H48N8O6S/c1-26(24-47-16-12-28(13-17-47)29-6-8-34-31(22-29)25-49(40(34)53)35-9-10-36(50)44-39(35)52)20-27-4-3-5-33(21-27)56(54,55)48-18-14-32(15-19-48)43-41-42-23-30-7-11-37(51)46(2)38(30)45-41/h3-8,11,21-23,26,28,32,35H,9-10,12-20,24-25H2,1-2H3,(H,42,43,45)(H,44,50,52). The van der Waals surface area contributed by atoms with E-state index in [9.17, 15) is 27.6 Å². The average molecular weight is 781 g/mol. The molecule has 2 atom stereocenters. The van der Waals surface area contributed by atoms with Gasteiger partial charge in [0.25, 0.3) is 11.5 Å². The van der Waals surface area contributed by atoms with Crippen molar-refractivity contribution in [2.24, 2.45) is 13.0 Å². The molecule has 0 radical (unpaired) electrons. The SMILES string of the molecule is CC(Cc1cccc(S(=O)(=O)N2CCC(Nc3ncc4ccc(=O)n(C)c4n3)CC2)c1)CN1CCC(c2ccc3c(c2)CN(C2CCC(=O)NC2=O)C3=O)CC1. The molecule has 294 valence electrons. The number of imide groups is 1. The van der Waals surface area contributed by atoms with Crippen LogP contribution in [0.3, 0.4) is 0 Å². The molecule has 0 bridgehead atoms. The second kappa shape index (κ2) is 15.5. The Balaban J connectivity index is 0.813. The van der Waals surface area contributed by atoms with Gasteiger partial charge in [0.15, 0.2) is 0 Å². The highest BCUT2D eigenvalue weighted by molar-refractivity contribution is 7.89. The molecule has 56 heavy (non-hydrogen) atoms. The van der Waals surface area contributed by atoms with Gasteiger partial charge in [-0.3, -0.25) is 29.1 Å². The molecular weight excluding hydrogens is 733 g/mol. The number of carbonyl (C=O) groups is 3. The van der Waals surface area contributed by atoms with Crippen molar-refractivity contribution in [1.29, 1.82) is 0 Å². The lowest BCUT2D eigenvalue weighted by molar-refractivity contribution is -0.136. The maximum Gasteiger partial charge on any atom is 0.255 e. The average Bonchev–Trinajstić information content (AvgIpc) is 3.51. The first-order chi connectivity index (χ1) is 26.9. The number of rotatable bonds is 10. The van der Waals surface area contributed by atoms with Gasteiger partial charge in [-0.25, -0.2) is 13.4 Å². The fourth-order valence-corrected chi connectivity index (χ4v) is 10.4. The Bertz CT molecular complexity index is 2350. The molecule has 2 unspecified atom stereocenters. The largest absolute Gasteiger partial charge is 0.351 e. The zero-order valence-corrected chi connectivity index (χ0v) is 32.6. The van der Waals surface area contributed by atoms with E-state index in [0.717, 1.165) is 55.4 Å². The van der Waals surface area contributed by atoms with Gasteiger partial charge in [-0.15, -0.1) is 0 Å². The van der Waals surface area contributed by atoms with Gasteiger partial charge in [-0.1, -0.05) is 31.2 Å². The number of piperidine rings is 3. The summed E-state index contributed by atoms with van der Waals surface area (Å²) in [6, 6.07) is 16.0. The molecule has 0 aliphatic carbocycles. The molecule has 6 heterocycles. The smallest absolute Gasteiger partial charge is 0.255 e. The number of likely N-dealkylation sites (tertiary alicyclic amines) is 1. The Hall–Kier alpha value is -4.99. The normalized spacial score (nSPS) is 21.0. The number of nitrogens with one attached hydrogen (secondary N) is 2. The number of carbonyl (C=O) groups excluding carboxylic acids is 3. The molecule has 2 aromatic carbocycles. The summed E-state index contributed by atoms with van der Waals surface area (Å²) >= 11 is 0. The maximum atomic E-state index is 13.8. The zero-order valence-electron chi connectivity index (χ0n) is 31.8. The first-order valence-corrected chi connectivity index (χ1v) is 21.0. The minimum Gasteiger partial charge on any atom is -0.351 e. The predicted octanol–water partition coefficient (Wildman–Crippen LogP) is 3.41. The van der Waals surface area contributed by atoms with Gasteiger partial charge in [0.05, 0.1) is 4.90 Å². The van der Waals surface area contributed by atoms with E-state index in [4.69, 9.17) is 0 Å². The van der Waals surface area contributed by atoms with Crippen molar-refractivity contribution in [1.82, 2.24) is 34.0 Å². The number of aromatic nitrogens is 3. The number of aryl methyl sites for hydroxylation is 1. The van der Waals surface area contributed by atoms with E-state index >= 15 is 0 Å². The molecule has 8 rings (SSSR count). The summed E-state index contributed by atoms with van der Waals surface area (Å²) in [4.78, 5) is 62.6. The summed E-state index contributed by atoms with van der Waals surface area (Å²) in [6.07, 6.45) is 6.28. The number of amides is 3. The second-order valence-corrected chi connectivity index (χ2v) is 17.8. The molecule has 4 aromatic rings. The third kappa shape index (κ3) is 7.71. The number of sulfonamides is 1. The molecule has 15 heteroatoms. The van der Waals surface area contributed by atoms with E-state index in [-0.39, 0.29) is 29.8 Å². The highest BCUT2D eigenvalue weighted by atomic mass is 32.2. The number of anilines is 1. The van der Waals surface area contributed by atoms with Crippen LogP contribution in [0.25, 0.3) is 11.0 Å². The lowest BCUT2D eigenvalue weighted by atomic mass is 9.87. The van der Waals surface area contributed by atoms with E-state index in [1.807, 2.05) is 24.3 Å². The summed E-state index contributed by atoms with van der Waals surface area (Å²) in [5.74, 6) is 0.308. The van der Waals surface area contributed by atoms with E-state index < -0.39 is 22.0 Å². The topological polar surface area (TPSA) is 167 Å². The Morgan fingerprint density at radius 1 is 0.929 bits per heavy atom. The van der Waals surface area contributed by atoms with Crippen molar-refractivity contribution >= 4 is 44.7 Å². The van der Waals surface area contributed by atoms with Crippen molar-refractivity contribution < 1.29 is 22.8 Å². The molecule has 3 fully saturated rings. The lowest BCUT2D eigenvalue weighted by Crippen LogP contribution is -2.52. The lowest BCUT2D eigenvalue weighted by Gasteiger charge is -2.34. The Morgan fingerprint density at radius 3 is 2.48 bits per heavy atom. The van der Waals surface area contributed by atoms with Crippen LogP contribution in [-0.4, -0.2) is 99.6 Å². The maximum absolute atomic E-state index is 13.8. The van der Waals surface area contributed by atoms with Gasteiger partial charge in [0, 0.05) is 68.9 Å². The fourth-order valence-electron chi connectivity index (χ4n) is 8.83. The quantitative estimate of drug-likeness (QED) is 0.228. The van der Waals surface area contributed by atoms with Crippen LogP contribution in [0.2, 0.25) is 0 Å². The highest BCUT2D eigenvalue weighted by Crippen LogP contribution is 2.34. The molecule has 3 amide bonds. The molecule has 2 aromatic heterocycles. The van der Waals surface area contributed by atoms with E-state index in [1.165, 1.54) is 16.2 Å². The number of pyridine rings is 1. The van der Waals surface area contributed by atoms with Crippen LogP contribution in [0.5, 0.6) is 0 Å². The fraction of sp³-hybridized carbons (Fsp3) is 0.463. The van der Waals surface area contributed by atoms with Crippen LogP contribution in [0, 0.1) is 5.92 Å². The summed E-state index contributed by atoms with van der Waals surface area (Å²) in [6.45, 7) is 6.20. The van der Waals surface area contributed by atoms with E-state index in [2.05, 4.69) is 44.6 Å². The van der Waals surface area contributed by atoms with Crippen LogP contribution in [0.1, 0.15) is 78.4 Å². The monoisotopic (exact) mass is 780 g/mol. The molecular formula is C41H48N8O6S. The number of hydrogen-bond donors (Lipinski definition) is 2. The first kappa shape index (κ1) is 37.9. The van der Waals surface area contributed by atoms with Crippen molar-refractivity contribution in [3.05, 3.63) is 93.4 Å². The Morgan fingerprint density at radius 2 is 1.71 bits per heavy atom. The van der Waals surface area contributed by atoms with Crippen molar-refractivity contribution in [2.75, 3.05) is 38.0 Å². The molecule has 0 spiro atoms. The van der Waals surface area contributed by atoms with Gasteiger partial charge in [0.2, 0.25) is 27.8 Å². The highest BCUT2D eigenvalue weighted by Gasteiger charge is 2.39. The van der Waals surface area contributed by atoms with Gasteiger partial charge in [0.1, 0.15) is 11.7 Å². The number of hydrogen-bond acceptors (Lipinski definition) is 10. The van der Waals surface area contributed by atoms with Crippen molar-refractivity contribution in [2.45, 2.75) is 81.3 Å². The van der Waals surface area contributed by atoms with Crippen LogP contribution in [0.15, 0.2) is 70.5 Å². The second-order valence-electron chi connectivity index (χ2n) is 15.9. The van der Waals surface area contributed by atoms with Gasteiger partial charge < -0.3 is 15.1 Å². The molecule has 4 aliphatic rings. The van der Waals surface area contributed by atoms with Crippen LogP contribution in [-0.2, 0) is 39.6 Å². The number of fused-ring (bicyclic) bond motifs is 2. The number of benzene rings is 2. The third-order valence-electron chi connectivity index (χ3n) is 11.9. The van der Waals surface area contributed by atoms with E-state index in [1.54, 1.807) is 34.6 Å². The first-order valence-electron chi connectivity index (χ1n) is 19.6.